The Bertz CT molecular complexity index is 121. The van der Waals surface area contributed by atoms with Crippen molar-refractivity contribution in [2.24, 2.45) is 0 Å². The highest BCUT2D eigenvalue weighted by Crippen LogP contribution is 2.16. The number of hydrogen-bond acceptors (Lipinski definition) is 2. The molecular weight excluding hydrogens is 190 g/mol. The Balaban J connectivity index is 1.75. The van der Waals surface area contributed by atoms with Gasteiger partial charge in [-0.05, 0) is 25.1 Å². The average molecular weight is 215 g/mol. The molecule has 1 saturated heterocycles. The summed E-state index contributed by atoms with van der Waals surface area (Å²) in [5.74, 6) is 2.71. The van der Waals surface area contributed by atoms with Crippen molar-refractivity contribution < 1.29 is 0 Å². The van der Waals surface area contributed by atoms with Crippen molar-refractivity contribution in [2.75, 3.05) is 18.1 Å². The molecule has 84 valence electrons. The van der Waals surface area contributed by atoms with Crippen molar-refractivity contribution in [3.8, 4) is 0 Å². The number of nitrogens with one attached hydrogen (secondary N) is 1. The molecule has 2 heteroatoms. The van der Waals surface area contributed by atoms with Gasteiger partial charge in [0.2, 0.25) is 0 Å². The van der Waals surface area contributed by atoms with Gasteiger partial charge in [0.05, 0.1) is 0 Å². The third kappa shape index (κ3) is 5.92. The molecule has 0 aromatic heterocycles. The van der Waals surface area contributed by atoms with E-state index in [-0.39, 0.29) is 0 Å². The van der Waals surface area contributed by atoms with Gasteiger partial charge in [0, 0.05) is 11.8 Å². The molecule has 0 spiro atoms. The van der Waals surface area contributed by atoms with E-state index < -0.39 is 0 Å². The molecule has 1 rings (SSSR count). The topological polar surface area (TPSA) is 12.0 Å². The standard InChI is InChI=1S/C12H25NS/c1-2-3-4-5-6-7-9-13-12-8-10-14-11-12/h12-13H,2-11H2,1H3. The Hall–Kier alpha value is 0.310. The van der Waals surface area contributed by atoms with Crippen molar-refractivity contribution in [1.82, 2.24) is 5.32 Å². The van der Waals surface area contributed by atoms with E-state index in [4.69, 9.17) is 0 Å². The van der Waals surface area contributed by atoms with Crippen LogP contribution < -0.4 is 5.32 Å². The molecule has 0 saturated carbocycles. The first kappa shape index (κ1) is 12.4. The summed E-state index contributed by atoms with van der Waals surface area (Å²) in [4.78, 5) is 0. The average Bonchev–Trinajstić information content (AvgIpc) is 2.69. The molecule has 0 aromatic carbocycles. The fourth-order valence-electron chi connectivity index (χ4n) is 1.91. The summed E-state index contributed by atoms with van der Waals surface area (Å²) in [6.07, 6.45) is 9.85. The van der Waals surface area contributed by atoms with Crippen LogP contribution in [0.25, 0.3) is 0 Å². The molecule has 0 aromatic rings. The maximum Gasteiger partial charge on any atom is 0.0166 e. The summed E-state index contributed by atoms with van der Waals surface area (Å²) < 4.78 is 0. The Morgan fingerprint density at radius 1 is 1.14 bits per heavy atom. The molecule has 14 heavy (non-hydrogen) atoms. The van der Waals surface area contributed by atoms with Crippen LogP contribution in [0.4, 0.5) is 0 Å². The van der Waals surface area contributed by atoms with Crippen LogP contribution in [0.1, 0.15) is 51.9 Å². The second-order valence-electron chi connectivity index (χ2n) is 4.28. The molecule has 1 atom stereocenters. The Morgan fingerprint density at radius 3 is 2.64 bits per heavy atom. The largest absolute Gasteiger partial charge is 0.313 e. The molecule has 0 bridgehead atoms. The fraction of sp³-hybridized carbons (Fsp3) is 1.00. The van der Waals surface area contributed by atoms with Gasteiger partial charge in [-0.2, -0.15) is 11.8 Å². The van der Waals surface area contributed by atoms with Gasteiger partial charge >= 0.3 is 0 Å². The smallest absolute Gasteiger partial charge is 0.0166 e. The lowest BCUT2D eigenvalue weighted by Gasteiger charge is -2.10. The summed E-state index contributed by atoms with van der Waals surface area (Å²) in [6.45, 7) is 3.52. The Kier molecular flexibility index (Phi) is 7.61. The molecule has 0 amide bonds. The summed E-state index contributed by atoms with van der Waals surface area (Å²) in [5.41, 5.74) is 0. The van der Waals surface area contributed by atoms with Crippen LogP contribution in [0.3, 0.4) is 0 Å². The highest BCUT2D eigenvalue weighted by atomic mass is 32.2. The third-order valence-corrected chi connectivity index (χ3v) is 4.06. The molecule has 1 fully saturated rings. The number of hydrogen-bond donors (Lipinski definition) is 1. The number of rotatable bonds is 8. The van der Waals surface area contributed by atoms with Crippen molar-refractivity contribution in [3.63, 3.8) is 0 Å². The van der Waals surface area contributed by atoms with Gasteiger partial charge in [0.15, 0.2) is 0 Å². The molecule has 1 N–H and O–H groups in total. The quantitative estimate of drug-likeness (QED) is 0.623. The van der Waals surface area contributed by atoms with Crippen molar-refractivity contribution in [3.05, 3.63) is 0 Å². The van der Waals surface area contributed by atoms with E-state index in [2.05, 4.69) is 24.0 Å². The monoisotopic (exact) mass is 215 g/mol. The van der Waals surface area contributed by atoms with E-state index >= 15 is 0 Å². The molecule has 1 heterocycles. The second-order valence-corrected chi connectivity index (χ2v) is 5.43. The molecule has 1 nitrogen and oxygen atoms in total. The first-order valence-electron chi connectivity index (χ1n) is 6.24. The summed E-state index contributed by atoms with van der Waals surface area (Å²) in [7, 11) is 0. The van der Waals surface area contributed by atoms with E-state index in [0.717, 1.165) is 6.04 Å². The SMILES string of the molecule is CCCCCCCCNC1CCSC1. The molecule has 1 aliphatic heterocycles. The van der Waals surface area contributed by atoms with Crippen LogP contribution in [-0.2, 0) is 0 Å². The van der Waals surface area contributed by atoms with E-state index in [1.165, 1.54) is 63.0 Å². The van der Waals surface area contributed by atoms with Crippen LogP contribution in [0.5, 0.6) is 0 Å². The molecule has 1 unspecified atom stereocenters. The highest BCUT2D eigenvalue weighted by Gasteiger charge is 2.13. The predicted octanol–water partition coefficient (Wildman–Crippen LogP) is 3.44. The second kappa shape index (κ2) is 8.60. The van der Waals surface area contributed by atoms with Crippen LogP contribution in [-0.4, -0.2) is 24.1 Å². The van der Waals surface area contributed by atoms with Gasteiger partial charge in [-0.25, -0.2) is 0 Å². The lowest BCUT2D eigenvalue weighted by Crippen LogP contribution is -2.29. The van der Waals surface area contributed by atoms with Crippen LogP contribution >= 0.6 is 11.8 Å². The first-order valence-corrected chi connectivity index (χ1v) is 7.40. The van der Waals surface area contributed by atoms with E-state index in [1.807, 2.05) is 0 Å². The van der Waals surface area contributed by atoms with Crippen LogP contribution in [0.15, 0.2) is 0 Å². The maximum absolute atomic E-state index is 3.65. The van der Waals surface area contributed by atoms with Crippen molar-refractivity contribution in [2.45, 2.75) is 57.9 Å². The van der Waals surface area contributed by atoms with E-state index in [9.17, 15) is 0 Å². The van der Waals surface area contributed by atoms with Gasteiger partial charge in [-0.3, -0.25) is 0 Å². The summed E-state index contributed by atoms with van der Waals surface area (Å²) in [6, 6.07) is 0.829. The highest BCUT2D eigenvalue weighted by molar-refractivity contribution is 7.99. The minimum absolute atomic E-state index is 0.829. The molecule has 1 aliphatic rings. The lowest BCUT2D eigenvalue weighted by molar-refractivity contribution is 0.519. The minimum atomic E-state index is 0.829. The van der Waals surface area contributed by atoms with Crippen molar-refractivity contribution in [1.29, 1.82) is 0 Å². The van der Waals surface area contributed by atoms with E-state index in [0.29, 0.717) is 0 Å². The number of thioether (sulfide) groups is 1. The molecule has 0 aliphatic carbocycles. The Morgan fingerprint density at radius 2 is 1.93 bits per heavy atom. The Labute approximate surface area is 93.4 Å². The van der Waals surface area contributed by atoms with Crippen LogP contribution in [0, 0.1) is 0 Å². The van der Waals surface area contributed by atoms with Gasteiger partial charge in [-0.15, -0.1) is 0 Å². The van der Waals surface area contributed by atoms with Gasteiger partial charge in [-0.1, -0.05) is 39.0 Å². The fourth-order valence-corrected chi connectivity index (χ4v) is 3.09. The van der Waals surface area contributed by atoms with E-state index in [1.54, 1.807) is 0 Å². The summed E-state index contributed by atoms with van der Waals surface area (Å²) in [5, 5.41) is 3.65. The molecule has 0 radical (unpaired) electrons. The van der Waals surface area contributed by atoms with Crippen LogP contribution in [0.2, 0.25) is 0 Å². The molecular formula is C12H25NS. The summed E-state index contributed by atoms with van der Waals surface area (Å²) >= 11 is 2.09. The lowest BCUT2D eigenvalue weighted by atomic mass is 10.1. The van der Waals surface area contributed by atoms with Gasteiger partial charge < -0.3 is 5.32 Å². The maximum atomic E-state index is 3.65. The van der Waals surface area contributed by atoms with Gasteiger partial charge in [0.1, 0.15) is 0 Å². The zero-order chi connectivity index (χ0) is 10.1. The number of unbranched alkanes of at least 4 members (excludes halogenated alkanes) is 5. The van der Waals surface area contributed by atoms with Gasteiger partial charge in [0.25, 0.3) is 0 Å². The zero-order valence-corrected chi connectivity index (χ0v) is 10.4. The first-order chi connectivity index (χ1) is 6.93. The van der Waals surface area contributed by atoms with Crippen molar-refractivity contribution >= 4 is 11.8 Å². The predicted molar refractivity (Wildman–Crippen MR) is 67.1 cm³/mol. The minimum Gasteiger partial charge on any atom is -0.313 e. The third-order valence-electron chi connectivity index (χ3n) is 2.89. The normalized spacial score (nSPS) is 21.6. The zero-order valence-electron chi connectivity index (χ0n) is 9.56.